The maximum absolute atomic E-state index is 6.20. The van der Waals surface area contributed by atoms with Crippen molar-refractivity contribution < 1.29 is 18.8 Å². The van der Waals surface area contributed by atoms with Crippen molar-refractivity contribution in [2.75, 3.05) is 13.2 Å². The summed E-state index contributed by atoms with van der Waals surface area (Å²) in [6.07, 6.45) is 3.39. The zero-order valence-electron chi connectivity index (χ0n) is 19.1. The van der Waals surface area contributed by atoms with Gasteiger partial charge in [-0.1, -0.05) is 6.58 Å². The highest BCUT2D eigenvalue weighted by molar-refractivity contribution is 6.62. The molecule has 1 aliphatic rings. The molecule has 1 aliphatic heterocycles. The Kier molecular flexibility index (Phi) is 6.41. The van der Waals surface area contributed by atoms with Crippen LogP contribution in [0.1, 0.15) is 57.8 Å². The average molecular weight is 413 g/mol. The van der Waals surface area contributed by atoms with Gasteiger partial charge in [0, 0.05) is 24.4 Å². The van der Waals surface area contributed by atoms with Gasteiger partial charge in [0.1, 0.15) is 18.1 Å². The largest absolute Gasteiger partial charge is 0.498 e. The molecule has 2 aromatic rings. The Morgan fingerprint density at radius 2 is 1.87 bits per heavy atom. The van der Waals surface area contributed by atoms with Crippen LogP contribution < -0.4 is 10.2 Å². The zero-order valence-corrected chi connectivity index (χ0v) is 19.1. The van der Waals surface area contributed by atoms with E-state index in [-0.39, 0.29) is 6.10 Å². The molecule has 0 aromatic carbocycles. The number of aryl methyl sites for hydroxylation is 2. The van der Waals surface area contributed by atoms with Crippen LogP contribution >= 0.6 is 0 Å². The summed E-state index contributed by atoms with van der Waals surface area (Å²) in [7, 11) is 1.41. The van der Waals surface area contributed by atoms with E-state index < -0.39 is 18.3 Å². The molecule has 1 saturated heterocycles. The van der Waals surface area contributed by atoms with Gasteiger partial charge in [0.25, 0.3) is 0 Å². The predicted octanol–water partition coefficient (Wildman–Crippen LogP) is 3.22. The van der Waals surface area contributed by atoms with Gasteiger partial charge in [-0.25, -0.2) is 4.98 Å². The molecule has 3 heterocycles. The van der Waals surface area contributed by atoms with Crippen molar-refractivity contribution in [3.63, 3.8) is 0 Å². The molecule has 0 spiro atoms. The number of hydrogen-bond donors (Lipinski definition) is 0. The first-order valence-electron chi connectivity index (χ1n) is 10.3. The molecule has 1 unspecified atom stereocenters. The summed E-state index contributed by atoms with van der Waals surface area (Å²) >= 11 is 0. The van der Waals surface area contributed by atoms with Crippen LogP contribution in [0.5, 0.6) is 5.75 Å². The molecule has 0 N–H and O–H groups in total. The third-order valence-electron chi connectivity index (χ3n) is 5.71. The molecule has 0 amide bonds. The maximum Gasteiger partial charge on any atom is 0.498 e. The average Bonchev–Trinajstić information content (AvgIpc) is 3.16. The van der Waals surface area contributed by atoms with Gasteiger partial charge >= 0.3 is 7.12 Å². The summed E-state index contributed by atoms with van der Waals surface area (Å²) in [4.78, 5) is 4.41. The van der Waals surface area contributed by atoms with Crippen molar-refractivity contribution in [1.82, 2.24) is 14.8 Å². The SMILES string of the molecule is C=Cc1nc(C)ccc1OCCOC(C)c1nn(C)cc1B1OC(C)(C)C(C)(C)O1. The molecule has 2 aromatic heterocycles. The van der Waals surface area contributed by atoms with Crippen LogP contribution in [0.2, 0.25) is 0 Å². The van der Waals surface area contributed by atoms with E-state index in [0.29, 0.717) is 19.0 Å². The fourth-order valence-corrected chi connectivity index (χ4v) is 3.28. The van der Waals surface area contributed by atoms with Crippen molar-refractivity contribution in [3.05, 3.63) is 42.0 Å². The van der Waals surface area contributed by atoms with Crippen molar-refractivity contribution >= 4 is 18.7 Å². The van der Waals surface area contributed by atoms with Crippen LogP contribution in [-0.2, 0) is 21.1 Å². The number of ether oxygens (including phenoxy) is 2. The number of rotatable bonds is 8. The van der Waals surface area contributed by atoms with Crippen LogP contribution in [0.3, 0.4) is 0 Å². The summed E-state index contributed by atoms with van der Waals surface area (Å²) in [5, 5.41) is 4.59. The standard InChI is InChI=1S/C22H32BN3O4/c1-9-18-19(11-10-15(2)24-18)28-13-12-27-16(3)20-17(14-26(8)25-20)23-29-21(4,5)22(6,7)30-23/h9-11,14,16H,1,12-13H2,2-8H3. The van der Waals surface area contributed by atoms with E-state index in [4.69, 9.17) is 18.8 Å². The van der Waals surface area contributed by atoms with E-state index in [9.17, 15) is 0 Å². The van der Waals surface area contributed by atoms with Crippen molar-refractivity contribution in [3.8, 4) is 5.75 Å². The monoisotopic (exact) mass is 413 g/mol. The van der Waals surface area contributed by atoms with E-state index in [1.54, 1.807) is 10.8 Å². The molecule has 3 rings (SSSR count). The van der Waals surface area contributed by atoms with Gasteiger partial charge in [-0.15, -0.1) is 0 Å². The number of pyridine rings is 1. The topological polar surface area (TPSA) is 67.6 Å². The fraction of sp³-hybridized carbons (Fsp3) is 0.545. The van der Waals surface area contributed by atoms with Crippen LogP contribution in [-0.4, -0.2) is 46.3 Å². The van der Waals surface area contributed by atoms with Gasteiger partial charge in [0.15, 0.2) is 0 Å². The Balaban J connectivity index is 1.62. The lowest BCUT2D eigenvalue weighted by atomic mass is 9.78. The Hall–Kier alpha value is -2.16. The third kappa shape index (κ3) is 4.61. The second kappa shape index (κ2) is 8.53. The van der Waals surface area contributed by atoms with Gasteiger partial charge in [-0.2, -0.15) is 5.10 Å². The highest BCUT2D eigenvalue weighted by Crippen LogP contribution is 2.37. The fourth-order valence-electron chi connectivity index (χ4n) is 3.28. The van der Waals surface area contributed by atoms with E-state index in [1.807, 2.05) is 66.9 Å². The normalized spacial score (nSPS) is 18.4. The van der Waals surface area contributed by atoms with E-state index in [0.717, 1.165) is 22.5 Å². The molecule has 1 atom stereocenters. The molecule has 30 heavy (non-hydrogen) atoms. The number of nitrogens with zero attached hydrogens (tertiary/aromatic N) is 3. The number of aromatic nitrogens is 3. The van der Waals surface area contributed by atoms with Crippen LogP contribution in [0.25, 0.3) is 6.08 Å². The Labute approximate surface area is 179 Å². The summed E-state index contributed by atoms with van der Waals surface area (Å²) in [5.41, 5.74) is 2.53. The highest BCUT2D eigenvalue weighted by atomic mass is 16.7. The summed E-state index contributed by atoms with van der Waals surface area (Å²) in [5.74, 6) is 0.697. The first kappa shape index (κ1) is 22.5. The van der Waals surface area contributed by atoms with Crippen LogP contribution in [0.15, 0.2) is 24.9 Å². The molecule has 1 fully saturated rings. The summed E-state index contributed by atoms with van der Waals surface area (Å²) in [6.45, 7) is 16.7. The second-order valence-electron chi connectivity index (χ2n) is 8.63. The first-order chi connectivity index (χ1) is 14.0. The molecule has 162 valence electrons. The Morgan fingerprint density at radius 3 is 2.50 bits per heavy atom. The molecule has 0 radical (unpaired) electrons. The van der Waals surface area contributed by atoms with E-state index in [1.165, 1.54) is 0 Å². The van der Waals surface area contributed by atoms with Crippen molar-refractivity contribution in [2.24, 2.45) is 7.05 Å². The quantitative estimate of drug-likeness (QED) is 0.489. The first-order valence-corrected chi connectivity index (χ1v) is 10.3. The Bertz CT molecular complexity index is 894. The zero-order chi connectivity index (χ0) is 22.1. The molecule has 8 heteroatoms. The van der Waals surface area contributed by atoms with Gasteiger partial charge in [0.2, 0.25) is 0 Å². The minimum absolute atomic E-state index is 0.237. The number of hydrogen-bond acceptors (Lipinski definition) is 6. The predicted molar refractivity (Wildman–Crippen MR) is 118 cm³/mol. The lowest BCUT2D eigenvalue weighted by Gasteiger charge is -2.32. The lowest BCUT2D eigenvalue weighted by Crippen LogP contribution is -2.41. The van der Waals surface area contributed by atoms with Crippen molar-refractivity contribution in [1.29, 1.82) is 0 Å². The molecule has 0 saturated carbocycles. The minimum atomic E-state index is -0.477. The van der Waals surface area contributed by atoms with Crippen LogP contribution in [0, 0.1) is 6.92 Å². The highest BCUT2D eigenvalue weighted by Gasteiger charge is 2.53. The smallest absolute Gasteiger partial charge is 0.489 e. The molecular weight excluding hydrogens is 381 g/mol. The van der Waals surface area contributed by atoms with Gasteiger partial charge in [0.05, 0.1) is 29.6 Å². The van der Waals surface area contributed by atoms with Gasteiger partial charge in [-0.3, -0.25) is 4.68 Å². The molecule has 7 nitrogen and oxygen atoms in total. The van der Waals surface area contributed by atoms with Crippen LogP contribution in [0.4, 0.5) is 0 Å². The van der Waals surface area contributed by atoms with Gasteiger partial charge < -0.3 is 18.8 Å². The summed E-state index contributed by atoms with van der Waals surface area (Å²) < 4.78 is 26.0. The van der Waals surface area contributed by atoms with Gasteiger partial charge in [-0.05, 0) is 59.8 Å². The molecule has 0 aliphatic carbocycles. The molecular formula is C22H32BN3O4. The van der Waals surface area contributed by atoms with E-state index >= 15 is 0 Å². The maximum atomic E-state index is 6.20. The summed E-state index contributed by atoms with van der Waals surface area (Å²) in [6, 6.07) is 3.81. The lowest BCUT2D eigenvalue weighted by molar-refractivity contribution is 0.00578. The molecule has 0 bridgehead atoms. The Morgan fingerprint density at radius 1 is 1.20 bits per heavy atom. The second-order valence-corrected chi connectivity index (χ2v) is 8.63. The van der Waals surface area contributed by atoms with E-state index in [2.05, 4.69) is 16.7 Å². The van der Waals surface area contributed by atoms with Crippen molar-refractivity contribution in [2.45, 2.75) is 58.8 Å². The minimum Gasteiger partial charge on any atom is -0.489 e. The third-order valence-corrected chi connectivity index (χ3v) is 5.71.